The molecule has 0 atom stereocenters. The topological polar surface area (TPSA) is 108 Å². The Morgan fingerprint density at radius 2 is 2.00 bits per heavy atom. The summed E-state index contributed by atoms with van der Waals surface area (Å²) in [6, 6.07) is 5.87. The van der Waals surface area contributed by atoms with E-state index in [0.29, 0.717) is 5.56 Å². The molecule has 0 spiro atoms. The van der Waals surface area contributed by atoms with Crippen LogP contribution >= 0.6 is 0 Å². The van der Waals surface area contributed by atoms with Gasteiger partial charge >= 0.3 is 0 Å². The van der Waals surface area contributed by atoms with E-state index >= 15 is 0 Å². The first-order chi connectivity index (χ1) is 7.63. The number of amides is 1. The van der Waals surface area contributed by atoms with Crippen molar-refractivity contribution in [3.05, 3.63) is 29.8 Å². The molecule has 0 radical (unpaired) electrons. The average Bonchev–Trinajstić information content (AvgIpc) is 2.29. The first-order valence-corrected chi connectivity index (χ1v) is 4.67. The largest absolute Gasteiger partial charge is 0.508 e. The van der Waals surface area contributed by atoms with E-state index in [0.717, 1.165) is 0 Å². The Balaban J connectivity index is 2.44. The molecule has 0 heterocycles. The highest BCUT2D eigenvalue weighted by Gasteiger charge is 2.04. The zero-order chi connectivity index (χ0) is 12.0. The van der Waals surface area contributed by atoms with E-state index < -0.39 is 0 Å². The summed E-state index contributed by atoms with van der Waals surface area (Å²) < 4.78 is 0. The minimum Gasteiger partial charge on any atom is -0.508 e. The quantitative estimate of drug-likeness (QED) is 0.254. The molecule has 0 aliphatic rings. The fraction of sp³-hybridized carbons (Fsp3) is 0.200. The van der Waals surface area contributed by atoms with Gasteiger partial charge in [0.2, 0.25) is 0 Å². The minimum absolute atomic E-state index is 0.0611. The lowest BCUT2D eigenvalue weighted by Crippen LogP contribution is -2.27. The number of phenols is 1. The van der Waals surface area contributed by atoms with Crippen molar-refractivity contribution in [3.63, 3.8) is 0 Å². The second-order valence-corrected chi connectivity index (χ2v) is 3.14. The predicted molar refractivity (Wildman–Crippen MR) is 58.5 cm³/mol. The van der Waals surface area contributed by atoms with Crippen LogP contribution in [0.25, 0.3) is 0 Å². The van der Waals surface area contributed by atoms with Gasteiger partial charge in [0, 0.05) is 18.5 Å². The van der Waals surface area contributed by atoms with Crippen LogP contribution < -0.4 is 11.1 Å². The van der Waals surface area contributed by atoms with E-state index in [1.807, 2.05) is 0 Å². The van der Waals surface area contributed by atoms with E-state index in [2.05, 4.69) is 10.5 Å². The molecule has 5 N–H and O–H groups in total. The summed E-state index contributed by atoms with van der Waals surface area (Å²) in [5.41, 5.74) is 5.68. The fourth-order valence-electron chi connectivity index (χ4n) is 1.07. The molecule has 6 nitrogen and oxygen atoms in total. The van der Waals surface area contributed by atoms with Crippen LogP contribution in [0.2, 0.25) is 0 Å². The van der Waals surface area contributed by atoms with E-state index in [1.54, 1.807) is 0 Å². The van der Waals surface area contributed by atoms with Crippen LogP contribution in [0, 0.1) is 0 Å². The standard InChI is InChI=1S/C10H13N3O3/c11-9(13-16)5-6-12-10(15)7-1-3-8(14)4-2-7/h1-4,14,16H,5-6H2,(H2,11,13)(H,12,15). The molecule has 0 aliphatic carbocycles. The van der Waals surface area contributed by atoms with Crippen molar-refractivity contribution < 1.29 is 15.1 Å². The number of benzene rings is 1. The normalized spacial score (nSPS) is 11.1. The minimum atomic E-state index is -0.272. The molecule has 1 aromatic carbocycles. The summed E-state index contributed by atoms with van der Waals surface area (Å²) in [4.78, 5) is 11.5. The lowest BCUT2D eigenvalue weighted by atomic mass is 10.2. The Morgan fingerprint density at radius 1 is 1.38 bits per heavy atom. The van der Waals surface area contributed by atoms with Crippen molar-refractivity contribution in [3.8, 4) is 5.75 Å². The summed E-state index contributed by atoms with van der Waals surface area (Å²) >= 11 is 0. The first-order valence-electron chi connectivity index (χ1n) is 4.67. The van der Waals surface area contributed by atoms with Gasteiger partial charge in [0.15, 0.2) is 0 Å². The molecular formula is C10H13N3O3. The maximum absolute atomic E-state index is 11.5. The van der Waals surface area contributed by atoms with Crippen molar-refractivity contribution in [1.82, 2.24) is 5.32 Å². The van der Waals surface area contributed by atoms with Gasteiger partial charge in [-0.05, 0) is 24.3 Å². The number of oxime groups is 1. The number of carbonyl (C=O) groups is 1. The highest BCUT2D eigenvalue weighted by atomic mass is 16.4. The van der Waals surface area contributed by atoms with Crippen LogP contribution in [0.3, 0.4) is 0 Å². The van der Waals surface area contributed by atoms with E-state index in [1.165, 1.54) is 24.3 Å². The maximum Gasteiger partial charge on any atom is 0.251 e. The fourth-order valence-corrected chi connectivity index (χ4v) is 1.07. The Bertz CT molecular complexity index is 387. The van der Waals surface area contributed by atoms with Crippen molar-refractivity contribution in [2.75, 3.05) is 6.54 Å². The van der Waals surface area contributed by atoms with Gasteiger partial charge in [-0.1, -0.05) is 5.16 Å². The van der Waals surface area contributed by atoms with Gasteiger partial charge in [0.05, 0.1) is 0 Å². The third-order valence-electron chi connectivity index (χ3n) is 1.92. The van der Waals surface area contributed by atoms with Gasteiger partial charge in [0.25, 0.3) is 5.91 Å². The number of nitrogens with zero attached hydrogens (tertiary/aromatic N) is 1. The van der Waals surface area contributed by atoms with Gasteiger partial charge in [-0.2, -0.15) is 0 Å². The molecule has 0 fully saturated rings. The summed E-state index contributed by atoms with van der Waals surface area (Å²) in [7, 11) is 0. The van der Waals surface area contributed by atoms with Crippen LogP contribution in [0.5, 0.6) is 5.75 Å². The number of nitrogens with one attached hydrogen (secondary N) is 1. The zero-order valence-electron chi connectivity index (χ0n) is 8.55. The number of carbonyl (C=O) groups excluding carboxylic acids is 1. The van der Waals surface area contributed by atoms with Crippen LogP contribution in [-0.2, 0) is 0 Å². The van der Waals surface area contributed by atoms with Crippen LogP contribution in [0.1, 0.15) is 16.8 Å². The second-order valence-electron chi connectivity index (χ2n) is 3.14. The molecule has 0 aliphatic heterocycles. The Labute approximate surface area is 92.4 Å². The summed E-state index contributed by atoms with van der Waals surface area (Å²) in [5, 5.41) is 22.7. The maximum atomic E-state index is 11.5. The summed E-state index contributed by atoms with van der Waals surface area (Å²) in [6.45, 7) is 0.287. The highest BCUT2D eigenvalue weighted by molar-refractivity contribution is 5.94. The van der Waals surface area contributed by atoms with Gasteiger partial charge < -0.3 is 21.4 Å². The summed E-state index contributed by atoms with van der Waals surface area (Å²) in [6.07, 6.45) is 0.278. The van der Waals surface area contributed by atoms with Crippen LogP contribution in [0.4, 0.5) is 0 Å². The number of hydrogen-bond donors (Lipinski definition) is 4. The monoisotopic (exact) mass is 223 g/mol. The van der Waals surface area contributed by atoms with E-state index in [-0.39, 0.29) is 30.5 Å². The molecule has 1 amide bonds. The molecule has 16 heavy (non-hydrogen) atoms. The molecule has 0 saturated heterocycles. The smallest absolute Gasteiger partial charge is 0.251 e. The van der Waals surface area contributed by atoms with Gasteiger partial charge in [0.1, 0.15) is 11.6 Å². The molecule has 1 aromatic rings. The number of phenolic OH excluding ortho intramolecular Hbond substituents is 1. The SMILES string of the molecule is NC(CCNC(=O)c1ccc(O)cc1)=NO. The van der Waals surface area contributed by atoms with Crippen molar-refractivity contribution >= 4 is 11.7 Å². The Hall–Kier alpha value is -2.24. The van der Waals surface area contributed by atoms with Gasteiger partial charge in [-0.3, -0.25) is 4.79 Å². The zero-order valence-corrected chi connectivity index (χ0v) is 8.55. The van der Waals surface area contributed by atoms with Crippen LogP contribution in [-0.4, -0.2) is 28.6 Å². The molecule has 1 rings (SSSR count). The molecule has 6 heteroatoms. The molecular weight excluding hydrogens is 210 g/mol. The van der Waals surface area contributed by atoms with E-state index in [4.69, 9.17) is 16.0 Å². The number of amidine groups is 1. The van der Waals surface area contributed by atoms with Crippen LogP contribution in [0.15, 0.2) is 29.4 Å². The number of rotatable bonds is 4. The molecule has 0 saturated carbocycles. The summed E-state index contributed by atoms with van der Waals surface area (Å²) in [5.74, 6) is -0.107. The van der Waals surface area contributed by atoms with Crippen molar-refractivity contribution in [1.29, 1.82) is 0 Å². The molecule has 0 unspecified atom stereocenters. The number of aromatic hydroxyl groups is 1. The molecule has 86 valence electrons. The molecule has 0 aromatic heterocycles. The average molecular weight is 223 g/mol. The second kappa shape index (κ2) is 5.59. The van der Waals surface area contributed by atoms with Crippen molar-refractivity contribution in [2.24, 2.45) is 10.9 Å². The van der Waals surface area contributed by atoms with Gasteiger partial charge in [-0.25, -0.2) is 0 Å². The lowest BCUT2D eigenvalue weighted by Gasteiger charge is -2.04. The number of hydrogen-bond acceptors (Lipinski definition) is 4. The van der Waals surface area contributed by atoms with E-state index in [9.17, 15) is 4.79 Å². The van der Waals surface area contributed by atoms with Gasteiger partial charge in [-0.15, -0.1) is 0 Å². The predicted octanol–water partition coefficient (Wildman–Crippen LogP) is 0.258. The van der Waals surface area contributed by atoms with Crippen molar-refractivity contribution in [2.45, 2.75) is 6.42 Å². The third-order valence-corrected chi connectivity index (χ3v) is 1.92. The lowest BCUT2D eigenvalue weighted by molar-refractivity contribution is 0.0954. The third kappa shape index (κ3) is 3.49. The molecule has 0 bridgehead atoms. The highest BCUT2D eigenvalue weighted by Crippen LogP contribution is 2.09. The first kappa shape index (κ1) is 11.8. The number of nitrogens with two attached hydrogens (primary N) is 1. The Kier molecular flexibility index (Phi) is 4.14. The Morgan fingerprint density at radius 3 is 2.56 bits per heavy atom.